The van der Waals surface area contributed by atoms with Crippen molar-refractivity contribution in [2.45, 2.75) is 11.8 Å². The van der Waals surface area contributed by atoms with Crippen molar-refractivity contribution in [1.29, 1.82) is 0 Å². The van der Waals surface area contributed by atoms with Crippen LogP contribution in [0.25, 0.3) is 0 Å². The number of carbonyl (C=O) groups is 1. The van der Waals surface area contributed by atoms with Crippen LogP contribution in [0.2, 0.25) is 0 Å². The number of carboxylic acids is 1. The van der Waals surface area contributed by atoms with Crippen molar-refractivity contribution in [2.24, 2.45) is 0 Å². The highest BCUT2D eigenvalue weighted by molar-refractivity contribution is 7.89. The zero-order valence-electron chi connectivity index (χ0n) is 9.43. The highest BCUT2D eigenvalue weighted by Crippen LogP contribution is 2.20. The van der Waals surface area contributed by atoms with Gasteiger partial charge in [-0.1, -0.05) is 0 Å². The SMILES string of the molecule is COc1ccc(S(=O)(=O)NCC(=O)O)c(C)c1. The molecule has 0 aliphatic rings. The lowest BCUT2D eigenvalue weighted by Gasteiger charge is -2.09. The first-order valence-electron chi connectivity index (χ1n) is 4.73. The summed E-state index contributed by atoms with van der Waals surface area (Å²) in [6.07, 6.45) is 0. The third kappa shape index (κ3) is 3.43. The van der Waals surface area contributed by atoms with Crippen molar-refractivity contribution < 1.29 is 23.1 Å². The molecule has 0 aromatic heterocycles. The summed E-state index contributed by atoms with van der Waals surface area (Å²) < 4.78 is 30.4. The Morgan fingerprint density at radius 2 is 2.12 bits per heavy atom. The second-order valence-electron chi connectivity index (χ2n) is 3.35. The lowest BCUT2D eigenvalue weighted by molar-refractivity contribution is -0.135. The van der Waals surface area contributed by atoms with Crippen LogP contribution in [0, 0.1) is 6.92 Å². The van der Waals surface area contributed by atoms with E-state index in [1.807, 2.05) is 4.72 Å². The fraction of sp³-hybridized carbons (Fsp3) is 0.300. The van der Waals surface area contributed by atoms with Gasteiger partial charge in [0.15, 0.2) is 0 Å². The third-order valence-electron chi connectivity index (χ3n) is 2.09. The zero-order valence-corrected chi connectivity index (χ0v) is 10.2. The number of hydrogen-bond acceptors (Lipinski definition) is 4. The van der Waals surface area contributed by atoms with Gasteiger partial charge in [-0.2, -0.15) is 4.72 Å². The Bertz CT molecular complexity index is 523. The molecule has 1 aromatic carbocycles. The van der Waals surface area contributed by atoms with E-state index in [9.17, 15) is 13.2 Å². The average molecular weight is 259 g/mol. The van der Waals surface area contributed by atoms with Crippen molar-refractivity contribution in [1.82, 2.24) is 4.72 Å². The molecular formula is C10H13NO5S. The first kappa shape index (κ1) is 13.5. The number of aryl methyl sites for hydroxylation is 1. The highest BCUT2D eigenvalue weighted by atomic mass is 32.2. The van der Waals surface area contributed by atoms with E-state index in [-0.39, 0.29) is 4.90 Å². The van der Waals surface area contributed by atoms with Gasteiger partial charge in [-0.15, -0.1) is 0 Å². The van der Waals surface area contributed by atoms with Gasteiger partial charge in [0, 0.05) is 0 Å². The van der Waals surface area contributed by atoms with E-state index >= 15 is 0 Å². The minimum absolute atomic E-state index is 0.0413. The molecule has 0 radical (unpaired) electrons. The van der Waals surface area contributed by atoms with Crippen LogP contribution in [0.1, 0.15) is 5.56 Å². The van der Waals surface area contributed by atoms with E-state index in [2.05, 4.69) is 0 Å². The van der Waals surface area contributed by atoms with Crippen molar-refractivity contribution in [3.05, 3.63) is 23.8 Å². The summed E-state index contributed by atoms with van der Waals surface area (Å²) >= 11 is 0. The topological polar surface area (TPSA) is 92.7 Å². The largest absolute Gasteiger partial charge is 0.497 e. The zero-order chi connectivity index (χ0) is 13.1. The van der Waals surface area contributed by atoms with Crippen LogP contribution < -0.4 is 9.46 Å². The Kier molecular flexibility index (Phi) is 4.08. The maximum Gasteiger partial charge on any atom is 0.318 e. The van der Waals surface area contributed by atoms with E-state index in [1.165, 1.54) is 19.2 Å². The number of methoxy groups -OCH3 is 1. The van der Waals surface area contributed by atoms with E-state index in [0.29, 0.717) is 11.3 Å². The standard InChI is InChI=1S/C10H13NO5S/c1-7-5-8(16-2)3-4-9(7)17(14,15)11-6-10(12)13/h3-5,11H,6H2,1-2H3,(H,12,13). The van der Waals surface area contributed by atoms with Crippen LogP contribution in [0.5, 0.6) is 5.75 Å². The van der Waals surface area contributed by atoms with Gasteiger partial charge < -0.3 is 9.84 Å². The molecule has 0 spiro atoms. The second kappa shape index (κ2) is 5.15. The molecule has 1 aromatic rings. The van der Waals surface area contributed by atoms with Gasteiger partial charge in [0.2, 0.25) is 10.0 Å². The Morgan fingerprint density at radius 1 is 1.47 bits per heavy atom. The third-order valence-corrected chi connectivity index (χ3v) is 3.65. The van der Waals surface area contributed by atoms with Crippen molar-refractivity contribution in [3.8, 4) is 5.75 Å². The molecule has 0 heterocycles. The summed E-state index contributed by atoms with van der Waals surface area (Å²) in [5.41, 5.74) is 0.488. The Balaban J connectivity index is 3.03. The lowest BCUT2D eigenvalue weighted by Crippen LogP contribution is -2.29. The quantitative estimate of drug-likeness (QED) is 0.796. The van der Waals surface area contributed by atoms with E-state index in [4.69, 9.17) is 9.84 Å². The molecule has 7 heteroatoms. The number of benzene rings is 1. The number of sulfonamides is 1. The summed E-state index contributed by atoms with van der Waals surface area (Å²) in [5, 5.41) is 8.43. The van der Waals surface area contributed by atoms with Crippen LogP contribution in [0.3, 0.4) is 0 Å². The fourth-order valence-electron chi connectivity index (χ4n) is 1.28. The van der Waals surface area contributed by atoms with Crippen LogP contribution in [0.15, 0.2) is 23.1 Å². The van der Waals surface area contributed by atoms with Gasteiger partial charge in [-0.25, -0.2) is 8.42 Å². The summed E-state index contributed by atoms with van der Waals surface area (Å²) in [5.74, 6) is -0.695. The number of rotatable bonds is 5. The molecular weight excluding hydrogens is 246 g/mol. The fourth-order valence-corrected chi connectivity index (χ4v) is 2.48. The van der Waals surface area contributed by atoms with Crippen LogP contribution in [0.4, 0.5) is 0 Å². The van der Waals surface area contributed by atoms with E-state index in [1.54, 1.807) is 13.0 Å². The maximum atomic E-state index is 11.7. The molecule has 1 rings (SSSR count). The van der Waals surface area contributed by atoms with Crippen molar-refractivity contribution >= 4 is 16.0 Å². The smallest absolute Gasteiger partial charge is 0.318 e. The summed E-state index contributed by atoms with van der Waals surface area (Å²) in [6.45, 7) is 0.964. The molecule has 0 unspecified atom stereocenters. The van der Waals surface area contributed by atoms with Gasteiger partial charge in [0.25, 0.3) is 0 Å². The first-order chi connectivity index (χ1) is 7.86. The Morgan fingerprint density at radius 3 is 2.59 bits per heavy atom. The Labute approximate surface area is 99.3 Å². The average Bonchev–Trinajstić information content (AvgIpc) is 2.26. The molecule has 0 amide bonds. The molecule has 2 N–H and O–H groups in total. The van der Waals surface area contributed by atoms with Gasteiger partial charge in [0.1, 0.15) is 12.3 Å². The molecule has 6 nitrogen and oxygen atoms in total. The van der Waals surface area contributed by atoms with Crippen LogP contribution >= 0.6 is 0 Å². The van der Waals surface area contributed by atoms with Crippen LogP contribution in [-0.2, 0) is 14.8 Å². The molecule has 17 heavy (non-hydrogen) atoms. The number of aliphatic carboxylic acids is 1. The molecule has 0 saturated heterocycles. The molecule has 0 aliphatic carbocycles. The number of hydrogen-bond donors (Lipinski definition) is 2. The predicted molar refractivity (Wildman–Crippen MR) is 60.6 cm³/mol. The molecule has 0 atom stereocenters. The molecule has 0 fully saturated rings. The maximum absolute atomic E-state index is 11.7. The molecule has 0 bridgehead atoms. The first-order valence-corrected chi connectivity index (χ1v) is 6.21. The summed E-state index contributed by atoms with van der Waals surface area (Å²) in [4.78, 5) is 10.4. The van der Waals surface area contributed by atoms with Gasteiger partial charge >= 0.3 is 5.97 Å². The van der Waals surface area contributed by atoms with E-state index < -0.39 is 22.5 Å². The van der Waals surface area contributed by atoms with Crippen molar-refractivity contribution in [2.75, 3.05) is 13.7 Å². The second-order valence-corrected chi connectivity index (χ2v) is 5.09. The predicted octanol–water partition coefficient (Wildman–Crippen LogP) is 0.367. The monoisotopic (exact) mass is 259 g/mol. The number of carboxylic acid groups (broad SMARTS) is 1. The lowest BCUT2D eigenvalue weighted by atomic mass is 10.2. The van der Waals surface area contributed by atoms with Crippen molar-refractivity contribution in [3.63, 3.8) is 0 Å². The van der Waals surface area contributed by atoms with Gasteiger partial charge in [-0.05, 0) is 30.7 Å². The number of ether oxygens (including phenoxy) is 1. The van der Waals surface area contributed by atoms with Gasteiger partial charge in [0.05, 0.1) is 12.0 Å². The summed E-state index contributed by atoms with van der Waals surface area (Å²) in [7, 11) is -2.32. The Hall–Kier alpha value is -1.60. The highest BCUT2D eigenvalue weighted by Gasteiger charge is 2.17. The number of nitrogens with one attached hydrogen (secondary N) is 1. The minimum Gasteiger partial charge on any atom is -0.497 e. The molecule has 0 aliphatic heterocycles. The summed E-state index contributed by atoms with van der Waals surface area (Å²) in [6, 6.07) is 4.44. The van der Waals surface area contributed by atoms with E-state index in [0.717, 1.165) is 0 Å². The van der Waals surface area contributed by atoms with Gasteiger partial charge in [-0.3, -0.25) is 4.79 Å². The molecule has 0 saturated carbocycles. The minimum atomic E-state index is -3.80. The molecule has 94 valence electrons. The van der Waals surface area contributed by atoms with Crippen LogP contribution in [-0.4, -0.2) is 33.1 Å². The normalized spacial score (nSPS) is 11.2.